The Bertz CT molecular complexity index is 1120. The second-order valence-electron chi connectivity index (χ2n) is 7.43. The van der Waals surface area contributed by atoms with Crippen LogP contribution in [-0.2, 0) is 21.1 Å². The number of hydrogen-bond acceptors (Lipinski definition) is 7. The zero-order chi connectivity index (χ0) is 19.5. The van der Waals surface area contributed by atoms with Gasteiger partial charge < -0.3 is 9.64 Å². The Balaban J connectivity index is 1.78. The molecule has 1 unspecified atom stereocenters. The fourth-order valence-corrected chi connectivity index (χ4v) is 5.18. The van der Waals surface area contributed by atoms with Gasteiger partial charge in [-0.1, -0.05) is 6.08 Å². The third-order valence-corrected chi connectivity index (χ3v) is 6.69. The number of ether oxygens (including phenoxy) is 1. The van der Waals surface area contributed by atoms with Crippen LogP contribution < -0.4 is 9.21 Å². The van der Waals surface area contributed by atoms with E-state index in [0.717, 1.165) is 34.8 Å². The molecule has 2 atom stereocenters. The van der Waals surface area contributed by atoms with Crippen molar-refractivity contribution in [3.8, 4) is 0 Å². The summed E-state index contributed by atoms with van der Waals surface area (Å²) >= 11 is 0. The number of anilines is 2. The van der Waals surface area contributed by atoms with E-state index in [-0.39, 0.29) is 6.04 Å². The first-order valence-corrected chi connectivity index (χ1v) is 11.4. The topological polar surface area (TPSA) is 99.7 Å². The van der Waals surface area contributed by atoms with Crippen LogP contribution in [-0.4, -0.2) is 70.0 Å². The van der Waals surface area contributed by atoms with Gasteiger partial charge in [0, 0.05) is 24.9 Å². The van der Waals surface area contributed by atoms with Crippen LogP contribution >= 0.6 is 0 Å². The minimum absolute atomic E-state index is 0.193. The predicted molar refractivity (Wildman–Crippen MR) is 110 cm³/mol. The standard InChI is InChI=1S/C18H23N7O2S/c1-12-11-27-9-8-23(12)17-13-5-7-24(28(2,19)26)16(13)14-10-21-25(18(14)22-17)15-4-3-6-20-15/h3-4,10,12,19H,5-9,11H2,1-2H3/t12-,28?/m1/s1. The summed E-state index contributed by atoms with van der Waals surface area (Å²) in [6.45, 7) is 5.36. The van der Waals surface area contributed by atoms with E-state index in [1.165, 1.54) is 6.26 Å². The number of morpholine rings is 1. The maximum absolute atomic E-state index is 12.7. The van der Waals surface area contributed by atoms with Gasteiger partial charge in [-0.2, -0.15) is 9.78 Å². The maximum atomic E-state index is 12.7. The average molecular weight is 401 g/mol. The number of pyridine rings is 1. The Morgan fingerprint density at radius 1 is 1.36 bits per heavy atom. The van der Waals surface area contributed by atoms with Gasteiger partial charge in [0.1, 0.15) is 15.7 Å². The number of hydrogen-bond donors (Lipinski definition) is 1. The van der Waals surface area contributed by atoms with Gasteiger partial charge in [0.25, 0.3) is 0 Å². The molecule has 9 nitrogen and oxygen atoms in total. The Morgan fingerprint density at radius 2 is 2.21 bits per heavy atom. The molecule has 1 saturated heterocycles. The molecule has 0 radical (unpaired) electrons. The van der Waals surface area contributed by atoms with Gasteiger partial charge in [-0.25, -0.2) is 14.0 Å². The zero-order valence-electron chi connectivity index (χ0n) is 16.0. The van der Waals surface area contributed by atoms with E-state index in [1.807, 2.05) is 12.2 Å². The molecule has 5 heterocycles. The average Bonchev–Trinajstić information content (AvgIpc) is 3.38. The summed E-state index contributed by atoms with van der Waals surface area (Å²) in [5.74, 6) is 1.63. The SMILES string of the molecule is C[C@@H]1COCCN1c1nc2c(cnn2C2=NCC=C2)c2c1CCN2S(C)(=N)=O. The van der Waals surface area contributed by atoms with E-state index in [0.29, 0.717) is 38.4 Å². The normalized spacial score (nSPS) is 23.9. The molecule has 0 bridgehead atoms. The molecule has 3 aliphatic heterocycles. The Morgan fingerprint density at radius 3 is 2.93 bits per heavy atom. The van der Waals surface area contributed by atoms with Crippen molar-refractivity contribution in [2.75, 3.05) is 48.3 Å². The summed E-state index contributed by atoms with van der Waals surface area (Å²) in [5, 5.41) is 5.35. The largest absolute Gasteiger partial charge is 0.377 e. The van der Waals surface area contributed by atoms with Crippen molar-refractivity contribution < 1.29 is 8.95 Å². The van der Waals surface area contributed by atoms with Gasteiger partial charge in [-0.3, -0.25) is 9.30 Å². The fourth-order valence-electron chi connectivity index (χ4n) is 4.18. The summed E-state index contributed by atoms with van der Waals surface area (Å²) in [5.41, 5.74) is 2.56. The van der Waals surface area contributed by atoms with Crippen LogP contribution in [0.1, 0.15) is 12.5 Å². The van der Waals surface area contributed by atoms with Gasteiger partial charge in [-0.05, 0) is 19.4 Å². The number of aliphatic imine (C=N–C) groups is 1. The number of allylic oxidation sites excluding steroid dienone is 1. The quantitative estimate of drug-likeness (QED) is 0.821. The highest BCUT2D eigenvalue weighted by molar-refractivity contribution is 7.93. The van der Waals surface area contributed by atoms with Crippen LogP contribution in [0.15, 0.2) is 23.3 Å². The predicted octanol–water partition coefficient (Wildman–Crippen LogP) is 1.43. The van der Waals surface area contributed by atoms with Gasteiger partial charge in [0.05, 0.1) is 43.1 Å². The summed E-state index contributed by atoms with van der Waals surface area (Å²) in [7, 11) is -2.90. The summed E-state index contributed by atoms with van der Waals surface area (Å²) in [6.07, 6.45) is 7.86. The lowest BCUT2D eigenvalue weighted by atomic mass is 10.1. The highest BCUT2D eigenvalue weighted by atomic mass is 32.2. The minimum atomic E-state index is -2.90. The third kappa shape index (κ3) is 2.62. The van der Waals surface area contributed by atoms with Crippen molar-refractivity contribution >= 4 is 38.3 Å². The molecule has 3 aliphatic rings. The molecule has 28 heavy (non-hydrogen) atoms. The van der Waals surface area contributed by atoms with Crippen molar-refractivity contribution in [2.45, 2.75) is 19.4 Å². The van der Waals surface area contributed by atoms with Crippen LogP contribution in [0.25, 0.3) is 11.0 Å². The van der Waals surface area contributed by atoms with E-state index in [9.17, 15) is 4.21 Å². The van der Waals surface area contributed by atoms with E-state index in [4.69, 9.17) is 14.5 Å². The van der Waals surface area contributed by atoms with Crippen molar-refractivity contribution in [1.82, 2.24) is 14.8 Å². The molecule has 1 N–H and O–H groups in total. The van der Waals surface area contributed by atoms with E-state index < -0.39 is 9.92 Å². The molecular weight excluding hydrogens is 378 g/mol. The second-order valence-corrected chi connectivity index (χ2v) is 9.48. The monoisotopic (exact) mass is 401 g/mol. The molecule has 0 amide bonds. The summed E-state index contributed by atoms with van der Waals surface area (Å²) in [4.78, 5) is 11.7. The molecule has 148 valence electrons. The molecule has 0 aliphatic carbocycles. The Labute approximate surface area is 163 Å². The van der Waals surface area contributed by atoms with Crippen LogP contribution in [0.2, 0.25) is 0 Å². The van der Waals surface area contributed by atoms with Crippen LogP contribution in [0.5, 0.6) is 0 Å². The number of fused-ring (bicyclic) bond motifs is 3. The molecule has 1 fully saturated rings. The van der Waals surface area contributed by atoms with Gasteiger partial charge in [0.15, 0.2) is 11.5 Å². The molecule has 5 rings (SSSR count). The first kappa shape index (κ1) is 17.6. The molecule has 0 saturated carbocycles. The molecular formula is C18H23N7O2S. The minimum Gasteiger partial charge on any atom is -0.377 e. The number of rotatable bonds is 2. The zero-order valence-corrected chi connectivity index (χ0v) is 16.8. The van der Waals surface area contributed by atoms with Crippen molar-refractivity contribution in [3.05, 3.63) is 23.9 Å². The first-order chi connectivity index (χ1) is 13.4. The Kier molecular flexibility index (Phi) is 3.95. The summed E-state index contributed by atoms with van der Waals surface area (Å²) in [6, 6.07) is 0.193. The van der Waals surface area contributed by atoms with E-state index >= 15 is 0 Å². The highest BCUT2D eigenvalue weighted by Gasteiger charge is 2.34. The van der Waals surface area contributed by atoms with Crippen LogP contribution in [0, 0.1) is 4.78 Å². The van der Waals surface area contributed by atoms with Crippen LogP contribution in [0.4, 0.5) is 11.5 Å². The molecule has 2 aromatic rings. The maximum Gasteiger partial charge on any atom is 0.169 e. The van der Waals surface area contributed by atoms with E-state index in [2.05, 4.69) is 21.9 Å². The van der Waals surface area contributed by atoms with Gasteiger partial charge >= 0.3 is 0 Å². The first-order valence-electron chi connectivity index (χ1n) is 9.43. The number of nitrogens with zero attached hydrogens (tertiary/aromatic N) is 6. The van der Waals surface area contributed by atoms with E-state index in [1.54, 1.807) is 15.2 Å². The smallest absolute Gasteiger partial charge is 0.169 e. The lowest BCUT2D eigenvalue weighted by Gasteiger charge is -2.35. The fraction of sp³-hybridized carbons (Fsp3) is 0.500. The van der Waals surface area contributed by atoms with Crippen molar-refractivity contribution in [3.63, 3.8) is 0 Å². The summed E-state index contributed by atoms with van der Waals surface area (Å²) < 4.78 is 29.9. The lowest BCUT2D eigenvalue weighted by molar-refractivity contribution is 0.0985. The lowest BCUT2D eigenvalue weighted by Crippen LogP contribution is -2.44. The van der Waals surface area contributed by atoms with Gasteiger partial charge in [0.2, 0.25) is 0 Å². The second kappa shape index (κ2) is 6.28. The van der Waals surface area contributed by atoms with Gasteiger partial charge in [-0.15, -0.1) is 0 Å². The Hall–Kier alpha value is -2.46. The molecule has 0 spiro atoms. The van der Waals surface area contributed by atoms with Crippen LogP contribution in [0.3, 0.4) is 0 Å². The molecule has 10 heteroatoms. The third-order valence-electron chi connectivity index (χ3n) is 5.48. The number of aromatic nitrogens is 3. The highest BCUT2D eigenvalue weighted by Crippen LogP contribution is 2.42. The number of nitrogens with one attached hydrogen (secondary N) is 1. The molecule has 0 aromatic carbocycles. The molecule has 2 aromatic heterocycles. The van der Waals surface area contributed by atoms with Crippen molar-refractivity contribution in [2.24, 2.45) is 4.99 Å². The van der Waals surface area contributed by atoms with Crippen molar-refractivity contribution in [1.29, 1.82) is 4.78 Å².